The molecule has 0 spiro atoms. The normalized spacial score (nSPS) is 15.3. The Bertz CT molecular complexity index is 658. The van der Waals surface area contributed by atoms with Crippen LogP contribution in [0.4, 0.5) is 5.69 Å². The molecule has 1 heterocycles. The molecule has 4 nitrogen and oxygen atoms in total. The van der Waals surface area contributed by atoms with Crippen LogP contribution >= 0.6 is 0 Å². The molecule has 1 fully saturated rings. The summed E-state index contributed by atoms with van der Waals surface area (Å²) in [6.07, 6.45) is 6.74. The van der Waals surface area contributed by atoms with Crippen LogP contribution in [0.2, 0.25) is 0 Å². The standard InChI is InChI=1S/C16H17N3O/c17-9-15-16(18)14(11-3-1-2-4-11)10-19(15)12-5-7-13(20)8-6-12/h5-8,10-11,20H,1-4,18H2. The van der Waals surface area contributed by atoms with Crippen LogP contribution in [0.3, 0.4) is 0 Å². The predicted octanol–water partition coefficient (Wildman–Crippen LogP) is 3.29. The van der Waals surface area contributed by atoms with Gasteiger partial charge in [-0.15, -0.1) is 0 Å². The first-order valence-electron chi connectivity index (χ1n) is 6.91. The van der Waals surface area contributed by atoms with Crippen LogP contribution in [0.15, 0.2) is 30.5 Å². The molecule has 0 saturated heterocycles. The van der Waals surface area contributed by atoms with Gasteiger partial charge >= 0.3 is 0 Å². The van der Waals surface area contributed by atoms with Gasteiger partial charge in [0.2, 0.25) is 0 Å². The molecule has 2 aromatic rings. The van der Waals surface area contributed by atoms with Crippen molar-refractivity contribution in [3.05, 3.63) is 41.7 Å². The zero-order chi connectivity index (χ0) is 14.1. The number of aromatic nitrogens is 1. The maximum absolute atomic E-state index is 9.37. The largest absolute Gasteiger partial charge is 0.508 e. The molecule has 1 aliphatic rings. The van der Waals surface area contributed by atoms with E-state index in [0.717, 1.165) is 24.1 Å². The van der Waals surface area contributed by atoms with Crippen molar-refractivity contribution in [2.24, 2.45) is 0 Å². The van der Waals surface area contributed by atoms with Gasteiger partial charge in [0.1, 0.15) is 17.5 Å². The van der Waals surface area contributed by atoms with Gasteiger partial charge in [-0.2, -0.15) is 5.26 Å². The molecule has 1 saturated carbocycles. The molecule has 0 aliphatic heterocycles. The minimum Gasteiger partial charge on any atom is -0.508 e. The van der Waals surface area contributed by atoms with E-state index in [1.165, 1.54) is 12.8 Å². The van der Waals surface area contributed by atoms with Gasteiger partial charge in [0.25, 0.3) is 0 Å². The zero-order valence-corrected chi connectivity index (χ0v) is 11.2. The van der Waals surface area contributed by atoms with Gasteiger partial charge in [-0.25, -0.2) is 0 Å². The van der Waals surface area contributed by atoms with E-state index in [4.69, 9.17) is 5.73 Å². The fourth-order valence-corrected chi connectivity index (χ4v) is 3.03. The Kier molecular flexibility index (Phi) is 3.11. The van der Waals surface area contributed by atoms with Crippen molar-refractivity contribution in [1.29, 1.82) is 5.26 Å². The lowest BCUT2D eigenvalue weighted by Crippen LogP contribution is -1.97. The first-order valence-corrected chi connectivity index (χ1v) is 6.91. The number of benzene rings is 1. The van der Waals surface area contributed by atoms with Crippen molar-refractivity contribution in [3.8, 4) is 17.5 Å². The molecule has 0 bridgehead atoms. The third-order valence-electron chi connectivity index (χ3n) is 4.10. The van der Waals surface area contributed by atoms with Crippen LogP contribution < -0.4 is 5.73 Å². The summed E-state index contributed by atoms with van der Waals surface area (Å²) >= 11 is 0. The fraction of sp³-hybridized carbons (Fsp3) is 0.312. The molecule has 102 valence electrons. The Morgan fingerprint density at radius 1 is 1.20 bits per heavy atom. The summed E-state index contributed by atoms with van der Waals surface area (Å²) in [7, 11) is 0. The monoisotopic (exact) mass is 267 g/mol. The zero-order valence-electron chi connectivity index (χ0n) is 11.2. The Balaban J connectivity index is 2.09. The molecule has 3 N–H and O–H groups in total. The van der Waals surface area contributed by atoms with Gasteiger partial charge in [0, 0.05) is 11.9 Å². The third-order valence-corrected chi connectivity index (χ3v) is 4.10. The van der Waals surface area contributed by atoms with Gasteiger partial charge in [0.15, 0.2) is 0 Å². The number of nitrogens with two attached hydrogens (primary N) is 1. The van der Waals surface area contributed by atoms with E-state index in [1.54, 1.807) is 24.3 Å². The van der Waals surface area contributed by atoms with Crippen LogP contribution in [0, 0.1) is 11.3 Å². The third kappa shape index (κ3) is 2.01. The number of phenols is 1. The van der Waals surface area contributed by atoms with Crippen LogP contribution in [-0.2, 0) is 0 Å². The molecule has 0 radical (unpaired) electrons. The fourth-order valence-electron chi connectivity index (χ4n) is 3.03. The first-order chi connectivity index (χ1) is 9.70. The molecule has 1 aromatic carbocycles. The highest BCUT2D eigenvalue weighted by molar-refractivity contribution is 5.62. The van der Waals surface area contributed by atoms with Crippen molar-refractivity contribution in [1.82, 2.24) is 4.57 Å². The molecule has 1 aromatic heterocycles. The summed E-state index contributed by atoms with van der Waals surface area (Å²) < 4.78 is 1.82. The smallest absolute Gasteiger partial charge is 0.148 e. The van der Waals surface area contributed by atoms with Crippen molar-refractivity contribution < 1.29 is 5.11 Å². The topological polar surface area (TPSA) is 75.0 Å². The highest BCUT2D eigenvalue weighted by Gasteiger charge is 2.24. The number of nitrogen functional groups attached to an aromatic ring is 1. The van der Waals surface area contributed by atoms with Gasteiger partial charge in [-0.3, -0.25) is 0 Å². The molecule has 0 amide bonds. The number of phenolic OH excluding ortho intramolecular Hbond substituents is 1. The van der Waals surface area contributed by atoms with Crippen molar-refractivity contribution in [2.75, 3.05) is 5.73 Å². The van der Waals surface area contributed by atoms with E-state index < -0.39 is 0 Å². The average Bonchev–Trinajstić information content (AvgIpc) is 3.07. The minimum absolute atomic E-state index is 0.211. The molecular formula is C16H17N3O. The Morgan fingerprint density at radius 3 is 2.45 bits per heavy atom. The highest BCUT2D eigenvalue weighted by Crippen LogP contribution is 2.39. The molecule has 0 atom stereocenters. The van der Waals surface area contributed by atoms with Crippen molar-refractivity contribution in [3.63, 3.8) is 0 Å². The van der Waals surface area contributed by atoms with E-state index in [2.05, 4.69) is 6.07 Å². The molecule has 4 heteroatoms. The molecule has 1 aliphatic carbocycles. The Hall–Kier alpha value is -2.41. The number of aromatic hydroxyl groups is 1. The predicted molar refractivity (Wildman–Crippen MR) is 77.8 cm³/mol. The number of rotatable bonds is 2. The van der Waals surface area contributed by atoms with Crippen LogP contribution in [-0.4, -0.2) is 9.67 Å². The Morgan fingerprint density at radius 2 is 1.85 bits per heavy atom. The Labute approximate surface area is 118 Å². The van der Waals surface area contributed by atoms with E-state index >= 15 is 0 Å². The lowest BCUT2D eigenvalue weighted by molar-refractivity contribution is 0.475. The van der Waals surface area contributed by atoms with Gasteiger partial charge in [0.05, 0.1) is 5.69 Å². The summed E-state index contributed by atoms with van der Waals surface area (Å²) in [5, 5.41) is 18.7. The van der Waals surface area contributed by atoms with Gasteiger partial charge < -0.3 is 15.4 Å². The highest BCUT2D eigenvalue weighted by atomic mass is 16.3. The SMILES string of the molecule is N#Cc1c(N)c(C2CCCC2)cn1-c1ccc(O)cc1. The quantitative estimate of drug-likeness (QED) is 0.876. The lowest BCUT2D eigenvalue weighted by Gasteiger charge is -2.07. The van der Waals surface area contributed by atoms with E-state index in [1.807, 2.05) is 10.8 Å². The van der Waals surface area contributed by atoms with Crippen molar-refractivity contribution >= 4 is 5.69 Å². The summed E-state index contributed by atoms with van der Waals surface area (Å²) in [5.74, 6) is 0.684. The summed E-state index contributed by atoms with van der Waals surface area (Å²) in [5.41, 5.74) is 9.19. The number of nitrogens with zero attached hydrogens (tertiary/aromatic N) is 2. The first kappa shape index (κ1) is 12.6. The molecule has 20 heavy (non-hydrogen) atoms. The van der Waals surface area contributed by atoms with Crippen LogP contribution in [0.1, 0.15) is 42.9 Å². The molecule has 3 rings (SSSR count). The van der Waals surface area contributed by atoms with E-state index in [0.29, 0.717) is 17.3 Å². The number of hydrogen-bond acceptors (Lipinski definition) is 3. The maximum Gasteiger partial charge on any atom is 0.148 e. The number of hydrogen-bond donors (Lipinski definition) is 2. The van der Waals surface area contributed by atoms with Gasteiger partial charge in [-0.05, 0) is 48.6 Å². The molecule has 0 unspecified atom stereocenters. The second kappa shape index (κ2) is 4.93. The second-order valence-electron chi connectivity index (χ2n) is 5.33. The van der Waals surface area contributed by atoms with E-state index in [-0.39, 0.29) is 5.75 Å². The molecular weight excluding hydrogens is 250 g/mol. The lowest BCUT2D eigenvalue weighted by atomic mass is 9.99. The second-order valence-corrected chi connectivity index (χ2v) is 5.33. The summed E-state index contributed by atoms with van der Waals surface area (Å²) in [6.45, 7) is 0. The minimum atomic E-state index is 0.211. The number of anilines is 1. The van der Waals surface area contributed by atoms with Gasteiger partial charge in [-0.1, -0.05) is 12.8 Å². The van der Waals surface area contributed by atoms with Crippen molar-refractivity contribution in [2.45, 2.75) is 31.6 Å². The van der Waals surface area contributed by atoms with Crippen LogP contribution in [0.25, 0.3) is 5.69 Å². The summed E-state index contributed by atoms with van der Waals surface area (Å²) in [4.78, 5) is 0. The van der Waals surface area contributed by atoms with Crippen LogP contribution in [0.5, 0.6) is 5.75 Å². The average molecular weight is 267 g/mol. The van der Waals surface area contributed by atoms with E-state index in [9.17, 15) is 10.4 Å². The maximum atomic E-state index is 9.37. The summed E-state index contributed by atoms with van der Waals surface area (Å²) in [6, 6.07) is 8.99. The number of nitriles is 1.